The number of carbonyl (C=O) groups excluding carboxylic acids is 1. The minimum absolute atomic E-state index is 0.104. The lowest BCUT2D eigenvalue weighted by Gasteiger charge is -2.13. The Morgan fingerprint density at radius 2 is 0.887 bits per heavy atom. The Hall–Kier alpha value is -12.0. The van der Waals surface area contributed by atoms with Gasteiger partial charge in [0.2, 0.25) is 28.3 Å². The van der Waals surface area contributed by atoms with Crippen LogP contribution in [0.3, 0.4) is 0 Å². The second kappa shape index (κ2) is 31.8. The maximum atomic E-state index is 13.5. The standard InChI is InChI=1S/C38H29ClFN5O3.C23H17ClN4O.C14H13FN2O3/c1-24(2)45-23-30(26-14-16-29(40)17-15-26)37(47)36(44-45)31(46)21-25-13-18-33(42-22-25)48-32-19-20-41-38(34(32)39)43-35(27-9-5-3-6-10-27)28-11-7-4-8-12-28;24-21-19(29-20-12-11-18(25)15-27-20)13-14-26-23(21)28-22(16-7-3-1-4-8-16)17-9-5-2-6-10-17;1-8(2)17-7-11(9-3-5-10(15)6-4-9)13(18)12(16-17)14(19)20/h3-20,22-24H,21H2,1-2H3;1-15H,25H2;3-8H,1-2H3,(H,19,20). The molecule has 18 nitrogen and oxygen atoms in total. The normalized spacial score (nSPS) is 10.7. The molecule has 0 spiro atoms. The van der Waals surface area contributed by atoms with Gasteiger partial charge >= 0.3 is 5.97 Å². The molecule has 12 rings (SSSR count). The van der Waals surface area contributed by atoms with Gasteiger partial charge in [-0.15, -0.1) is 0 Å². The highest BCUT2D eigenvalue weighted by atomic mass is 35.5. The monoisotopic (exact) mass is 1330 g/mol. The molecule has 6 aromatic heterocycles. The van der Waals surface area contributed by atoms with Crippen LogP contribution in [0.1, 0.15) is 88.6 Å². The first-order valence-corrected chi connectivity index (χ1v) is 30.9. The van der Waals surface area contributed by atoms with Crippen LogP contribution >= 0.6 is 23.2 Å². The highest BCUT2D eigenvalue weighted by molar-refractivity contribution is 6.35. The zero-order valence-electron chi connectivity index (χ0n) is 52.4. The van der Waals surface area contributed by atoms with Crippen molar-refractivity contribution in [2.24, 2.45) is 9.98 Å². The number of nitrogens with zero attached hydrogens (tertiary/aromatic N) is 10. The molecule has 3 N–H and O–H groups in total. The average Bonchev–Trinajstić information content (AvgIpc) is 0.883. The first-order chi connectivity index (χ1) is 46.9. The number of pyridine rings is 4. The van der Waals surface area contributed by atoms with Crippen molar-refractivity contribution >= 4 is 63.7 Å². The third-order valence-electron chi connectivity index (χ3n) is 14.4. The van der Waals surface area contributed by atoms with Gasteiger partial charge in [-0.1, -0.05) is 175 Å². The van der Waals surface area contributed by atoms with E-state index >= 15 is 0 Å². The van der Waals surface area contributed by atoms with Gasteiger partial charge in [0.05, 0.1) is 23.3 Å². The van der Waals surface area contributed by atoms with E-state index in [0.717, 1.165) is 28.0 Å². The second-order valence-electron chi connectivity index (χ2n) is 21.9. The van der Waals surface area contributed by atoms with Crippen molar-refractivity contribution in [3.63, 3.8) is 0 Å². The number of hydrogen-bond acceptors (Lipinski definition) is 15. The number of Topliss-reactive ketones (excluding diaryl/α,β-unsaturated/α-hetero) is 1. The predicted molar refractivity (Wildman–Crippen MR) is 371 cm³/mol. The zero-order chi connectivity index (χ0) is 68.5. The molecule has 0 bridgehead atoms. The number of rotatable bonds is 18. The molecule has 0 aliphatic heterocycles. The molecule has 0 aliphatic rings. The number of halogens is 4. The molecule has 0 atom stereocenters. The summed E-state index contributed by atoms with van der Waals surface area (Å²) in [7, 11) is 0. The van der Waals surface area contributed by atoms with Crippen LogP contribution in [0.2, 0.25) is 10.0 Å². The fraction of sp³-hybridized carbons (Fsp3) is 0.0933. The third kappa shape index (κ3) is 17.4. The van der Waals surface area contributed by atoms with E-state index in [-0.39, 0.29) is 52.0 Å². The van der Waals surface area contributed by atoms with Crippen LogP contribution in [0.25, 0.3) is 22.3 Å². The summed E-state index contributed by atoms with van der Waals surface area (Å²) in [4.78, 5) is 76.8. The van der Waals surface area contributed by atoms with Crippen LogP contribution in [0.15, 0.2) is 263 Å². The number of carbonyl (C=O) groups is 2. The number of carboxylic acids is 1. The van der Waals surface area contributed by atoms with Gasteiger partial charge in [-0.3, -0.25) is 23.7 Å². The Morgan fingerprint density at radius 3 is 1.25 bits per heavy atom. The van der Waals surface area contributed by atoms with Crippen molar-refractivity contribution in [1.29, 1.82) is 0 Å². The van der Waals surface area contributed by atoms with E-state index < -0.39 is 39.9 Å². The van der Waals surface area contributed by atoms with Crippen LogP contribution in [0, 0.1) is 11.6 Å². The van der Waals surface area contributed by atoms with E-state index in [9.17, 15) is 28.0 Å². The first-order valence-electron chi connectivity index (χ1n) is 30.1. The predicted octanol–water partition coefficient (Wildman–Crippen LogP) is 16.5. The molecule has 6 aromatic carbocycles. The lowest BCUT2D eigenvalue weighted by Crippen LogP contribution is -2.25. The minimum atomic E-state index is -1.38. The number of anilines is 1. The van der Waals surface area contributed by atoms with Crippen molar-refractivity contribution in [2.75, 3.05) is 5.73 Å². The summed E-state index contributed by atoms with van der Waals surface area (Å²) in [6, 6.07) is 59.9. The van der Waals surface area contributed by atoms with Crippen molar-refractivity contribution in [2.45, 2.75) is 46.2 Å². The van der Waals surface area contributed by atoms with Gasteiger partial charge in [0.25, 0.3) is 0 Å². The lowest BCUT2D eigenvalue weighted by atomic mass is 10.0. The number of hydrogen-bond donors (Lipinski definition) is 2. The summed E-state index contributed by atoms with van der Waals surface area (Å²) in [5, 5.41) is 17.7. The fourth-order valence-corrected chi connectivity index (χ4v) is 9.78. The Balaban J connectivity index is 0.000000176. The number of aromatic carboxylic acids is 1. The summed E-state index contributed by atoms with van der Waals surface area (Å²) >= 11 is 13.3. The number of aliphatic imine (C=N–C) groups is 2. The summed E-state index contributed by atoms with van der Waals surface area (Å²) in [6.07, 6.45) is 9.11. The Morgan fingerprint density at radius 1 is 0.505 bits per heavy atom. The van der Waals surface area contributed by atoms with E-state index in [1.807, 2.05) is 149 Å². The molecule has 6 heterocycles. The highest BCUT2D eigenvalue weighted by Crippen LogP contribution is 2.37. The van der Waals surface area contributed by atoms with E-state index in [2.05, 4.69) is 30.1 Å². The van der Waals surface area contributed by atoms with Gasteiger partial charge in [0, 0.05) is 107 Å². The summed E-state index contributed by atoms with van der Waals surface area (Å²) in [6.45, 7) is 7.41. The fourth-order valence-electron chi connectivity index (χ4n) is 9.39. The quantitative estimate of drug-likeness (QED) is 0.0599. The van der Waals surface area contributed by atoms with Gasteiger partial charge in [0.1, 0.15) is 21.7 Å². The average molecular weight is 1340 g/mol. The summed E-state index contributed by atoms with van der Waals surface area (Å²) in [5.74, 6) is -0.721. The SMILES string of the molecule is CC(C)n1cc(-c2ccc(F)cc2)c(=O)c(C(=O)Cc2ccc(Oc3ccnc(N=C(c4ccccc4)c4ccccc4)c3Cl)nc2)n1.CC(C)n1cc(-c2ccc(F)cc2)c(=O)c(C(=O)O)n1.Nc1ccc(Oc2ccnc(N=C(c3ccccc3)c3ccccc3)c2Cl)nc1. The van der Waals surface area contributed by atoms with E-state index in [0.29, 0.717) is 56.3 Å². The Labute approximate surface area is 565 Å². The molecule has 484 valence electrons. The van der Waals surface area contributed by atoms with E-state index in [4.69, 9.17) is 53.5 Å². The number of aromatic nitrogens is 8. The van der Waals surface area contributed by atoms with Crippen LogP contribution in [-0.2, 0) is 6.42 Å². The van der Waals surface area contributed by atoms with Crippen molar-refractivity contribution < 1.29 is 33.0 Å². The summed E-state index contributed by atoms with van der Waals surface area (Å²) in [5.41, 5.74) is 11.4. The molecular formula is C75H59Cl2F2N11O7. The van der Waals surface area contributed by atoms with Gasteiger partial charge in [-0.25, -0.2) is 43.5 Å². The molecule has 97 heavy (non-hydrogen) atoms. The molecule has 12 aromatic rings. The van der Waals surface area contributed by atoms with Gasteiger partial charge in [-0.05, 0) is 74.7 Å². The maximum absolute atomic E-state index is 13.5. The van der Waals surface area contributed by atoms with Crippen molar-refractivity contribution in [1.82, 2.24) is 39.5 Å². The molecule has 0 radical (unpaired) electrons. The molecule has 0 unspecified atom stereocenters. The number of benzene rings is 6. The molecule has 22 heteroatoms. The molecule has 0 saturated heterocycles. The largest absolute Gasteiger partial charge is 0.476 e. The maximum Gasteiger partial charge on any atom is 0.360 e. The lowest BCUT2D eigenvalue weighted by molar-refractivity contribution is 0.0685. The third-order valence-corrected chi connectivity index (χ3v) is 15.1. The Bertz CT molecular complexity index is 4840. The van der Waals surface area contributed by atoms with Crippen LogP contribution in [0.5, 0.6) is 23.3 Å². The highest BCUT2D eigenvalue weighted by Gasteiger charge is 2.22. The van der Waals surface area contributed by atoms with E-state index in [1.54, 1.807) is 59.7 Å². The summed E-state index contributed by atoms with van der Waals surface area (Å²) < 4.78 is 41.2. The zero-order valence-corrected chi connectivity index (χ0v) is 53.9. The molecule has 0 saturated carbocycles. The number of ether oxygens (including phenoxy) is 2. The second-order valence-corrected chi connectivity index (χ2v) is 22.7. The molecule has 0 amide bonds. The Kier molecular flexibility index (Phi) is 22.2. The van der Waals surface area contributed by atoms with Gasteiger partial charge in [0.15, 0.2) is 34.6 Å². The van der Waals surface area contributed by atoms with Crippen molar-refractivity contribution in [3.05, 3.63) is 325 Å². The number of nitrogen functional groups attached to an aromatic ring is 1. The van der Waals surface area contributed by atoms with Crippen LogP contribution < -0.4 is 26.1 Å². The van der Waals surface area contributed by atoms with Gasteiger partial charge in [-0.2, -0.15) is 10.2 Å². The van der Waals surface area contributed by atoms with Gasteiger partial charge < -0.3 is 20.3 Å². The number of ketones is 1. The topological polar surface area (TPSA) is 245 Å². The molecular weight excluding hydrogens is 1280 g/mol. The first kappa shape index (κ1) is 67.9. The molecule has 0 aliphatic carbocycles. The molecule has 0 fully saturated rings. The number of carboxylic acid groups (broad SMARTS) is 1. The smallest absolute Gasteiger partial charge is 0.360 e. The van der Waals surface area contributed by atoms with E-state index in [1.165, 1.54) is 71.8 Å². The van der Waals surface area contributed by atoms with Crippen LogP contribution in [0.4, 0.5) is 26.1 Å². The minimum Gasteiger partial charge on any atom is -0.476 e. The van der Waals surface area contributed by atoms with Crippen LogP contribution in [-0.4, -0.2) is 67.8 Å². The van der Waals surface area contributed by atoms with Crippen molar-refractivity contribution in [3.8, 4) is 45.5 Å². The number of nitrogens with two attached hydrogens (primary N) is 1.